The fraction of sp³-hybridized carbons (Fsp3) is 0.588. The molecule has 116 valence electrons. The van der Waals surface area contributed by atoms with Crippen LogP contribution in [0.1, 0.15) is 43.5 Å². The first-order chi connectivity index (χ1) is 10.2. The quantitative estimate of drug-likeness (QED) is 0.792. The topological polar surface area (TPSA) is 50.4 Å². The molecule has 4 heteroatoms. The van der Waals surface area contributed by atoms with Crippen molar-refractivity contribution in [2.45, 2.75) is 39.2 Å². The van der Waals surface area contributed by atoms with Gasteiger partial charge in [0.2, 0.25) is 0 Å². The van der Waals surface area contributed by atoms with Gasteiger partial charge in [-0.25, -0.2) is 0 Å². The zero-order chi connectivity index (χ0) is 15.1. The Balaban J connectivity index is 1.87. The van der Waals surface area contributed by atoms with Gasteiger partial charge >= 0.3 is 0 Å². The van der Waals surface area contributed by atoms with Gasteiger partial charge in [0.1, 0.15) is 5.75 Å². The zero-order valence-electron chi connectivity index (χ0n) is 13.0. The van der Waals surface area contributed by atoms with Crippen molar-refractivity contribution in [2.75, 3.05) is 19.7 Å². The molecule has 2 atom stereocenters. The molecule has 1 aliphatic rings. The van der Waals surface area contributed by atoms with Gasteiger partial charge in [-0.1, -0.05) is 20.3 Å². The van der Waals surface area contributed by atoms with E-state index in [-0.39, 0.29) is 11.9 Å². The van der Waals surface area contributed by atoms with Crippen LogP contribution >= 0.6 is 0 Å². The van der Waals surface area contributed by atoms with Crippen LogP contribution in [0.4, 0.5) is 0 Å². The molecule has 1 fully saturated rings. The first-order valence-corrected chi connectivity index (χ1v) is 7.95. The van der Waals surface area contributed by atoms with Gasteiger partial charge in [0.15, 0.2) is 0 Å². The molecule has 1 aromatic rings. The fourth-order valence-corrected chi connectivity index (χ4v) is 2.47. The lowest BCUT2D eigenvalue weighted by Crippen LogP contribution is -2.50. The minimum atomic E-state index is -0.00402. The number of unbranched alkanes of at least 4 members (excludes halogenated alkanes) is 1. The third-order valence-corrected chi connectivity index (χ3v) is 4.03. The molecule has 4 nitrogen and oxygen atoms in total. The summed E-state index contributed by atoms with van der Waals surface area (Å²) in [6.07, 6.45) is 3.28. The summed E-state index contributed by atoms with van der Waals surface area (Å²) in [4.78, 5) is 12.3. The average Bonchev–Trinajstić information content (AvgIpc) is 2.50. The van der Waals surface area contributed by atoms with Crippen LogP contribution < -0.4 is 15.4 Å². The molecule has 2 rings (SSSR count). The second-order valence-corrected chi connectivity index (χ2v) is 5.78. The van der Waals surface area contributed by atoms with Crippen LogP contribution in [0.5, 0.6) is 5.75 Å². The molecule has 2 unspecified atom stereocenters. The standard InChI is InChI=1S/C17H26N2O2/c1-3-4-11-21-15-7-5-14(6-8-15)17(20)19-16-12-18-10-9-13(16)2/h5-8,13,16,18H,3-4,9-12H2,1-2H3,(H,19,20). The maximum atomic E-state index is 12.3. The molecule has 1 amide bonds. The predicted molar refractivity (Wildman–Crippen MR) is 84.7 cm³/mol. The van der Waals surface area contributed by atoms with Gasteiger partial charge in [-0.05, 0) is 49.6 Å². The third kappa shape index (κ3) is 4.74. The Bertz CT molecular complexity index is 445. The van der Waals surface area contributed by atoms with E-state index >= 15 is 0 Å². The van der Waals surface area contributed by atoms with E-state index in [9.17, 15) is 4.79 Å². The van der Waals surface area contributed by atoms with Gasteiger partial charge in [-0.2, -0.15) is 0 Å². The molecule has 0 saturated carbocycles. The summed E-state index contributed by atoms with van der Waals surface area (Å²) >= 11 is 0. The molecule has 1 aliphatic heterocycles. The Morgan fingerprint density at radius 1 is 1.38 bits per heavy atom. The number of carbonyl (C=O) groups is 1. The van der Waals surface area contributed by atoms with Crippen LogP contribution in [-0.4, -0.2) is 31.6 Å². The highest BCUT2D eigenvalue weighted by atomic mass is 16.5. The minimum Gasteiger partial charge on any atom is -0.494 e. The van der Waals surface area contributed by atoms with E-state index < -0.39 is 0 Å². The van der Waals surface area contributed by atoms with Crippen molar-refractivity contribution in [3.8, 4) is 5.75 Å². The van der Waals surface area contributed by atoms with Crippen molar-refractivity contribution in [1.29, 1.82) is 0 Å². The van der Waals surface area contributed by atoms with E-state index in [4.69, 9.17) is 4.74 Å². The predicted octanol–water partition coefficient (Wildman–Crippen LogP) is 2.59. The number of rotatable bonds is 6. The Hall–Kier alpha value is -1.55. The minimum absolute atomic E-state index is 0.00402. The van der Waals surface area contributed by atoms with E-state index in [1.54, 1.807) is 0 Å². The van der Waals surface area contributed by atoms with Crippen LogP contribution in [0.25, 0.3) is 0 Å². The molecular weight excluding hydrogens is 264 g/mol. The van der Waals surface area contributed by atoms with Crippen LogP contribution in [0, 0.1) is 5.92 Å². The molecule has 0 aliphatic carbocycles. The lowest BCUT2D eigenvalue weighted by molar-refractivity contribution is 0.0915. The lowest BCUT2D eigenvalue weighted by atomic mass is 9.94. The van der Waals surface area contributed by atoms with Gasteiger partial charge in [-0.3, -0.25) is 4.79 Å². The van der Waals surface area contributed by atoms with E-state index in [1.807, 2.05) is 24.3 Å². The normalized spacial score (nSPS) is 21.8. The van der Waals surface area contributed by atoms with Crippen molar-refractivity contribution in [2.24, 2.45) is 5.92 Å². The summed E-state index contributed by atoms with van der Waals surface area (Å²) in [6, 6.07) is 7.61. The van der Waals surface area contributed by atoms with Crippen molar-refractivity contribution < 1.29 is 9.53 Å². The molecule has 1 aromatic carbocycles. The largest absolute Gasteiger partial charge is 0.494 e. The molecule has 0 radical (unpaired) electrons. The molecule has 21 heavy (non-hydrogen) atoms. The number of ether oxygens (including phenoxy) is 1. The number of hydrogen-bond donors (Lipinski definition) is 2. The maximum Gasteiger partial charge on any atom is 0.251 e. The smallest absolute Gasteiger partial charge is 0.251 e. The van der Waals surface area contributed by atoms with Gasteiger partial charge in [-0.15, -0.1) is 0 Å². The highest BCUT2D eigenvalue weighted by Crippen LogP contribution is 2.15. The van der Waals surface area contributed by atoms with Gasteiger partial charge in [0, 0.05) is 18.2 Å². The lowest BCUT2D eigenvalue weighted by Gasteiger charge is -2.30. The number of hydrogen-bond acceptors (Lipinski definition) is 3. The average molecular weight is 290 g/mol. The van der Waals surface area contributed by atoms with Crippen LogP contribution in [-0.2, 0) is 0 Å². The van der Waals surface area contributed by atoms with Crippen molar-refractivity contribution in [3.63, 3.8) is 0 Å². The summed E-state index contributed by atoms with van der Waals surface area (Å²) in [6.45, 7) is 6.95. The zero-order valence-corrected chi connectivity index (χ0v) is 13.0. The molecule has 2 N–H and O–H groups in total. The number of benzene rings is 1. The van der Waals surface area contributed by atoms with E-state index in [0.29, 0.717) is 11.5 Å². The molecule has 0 bridgehead atoms. The number of nitrogens with one attached hydrogen (secondary N) is 2. The van der Waals surface area contributed by atoms with Crippen molar-refractivity contribution >= 4 is 5.91 Å². The first kappa shape index (κ1) is 15.8. The van der Waals surface area contributed by atoms with Crippen molar-refractivity contribution in [1.82, 2.24) is 10.6 Å². The van der Waals surface area contributed by atoms with E-state index in [2.05, 4.69) is 24.5 Å². The Morgan fingerprint density at radius 2 is 2.14 bits per heavy atom. The molecule has 1 saturated heterocycles. The molecule has 0 aromatic heterocycles. The summed E-state index contributed by atoms with van der Waals surface area (Å²) in [5, 5.41) is 6.44. The van der Waals surface area contributed by atoms with Crippen LogP contribution in [0.2, 0.25) is 0 Å². The fourth-order valence-electron chi connectivity index (χ4n) is 2.47. The number of piperidine rings is 1. The highest BCUT2D eigenvalue weighted by Gasteiger charge is 2.22. The number of amides is 1. The summed E-state index contributed by atoms with van der Waals surface area (Å²) < 4.78 is 5.61. The SMILES string of the molecule is CCCCOc1ccc(C(=O)NC2CNCCC2C)cc1. The van der Waals surface area contributed by atoms with E-state index in [1.165, 1.54) is 0 Å². The van der Waals surface area contributed by atoms with E-state index in [0.717, 1.165) is 44.7 Å². The molecule has 0 spiro atoms. The monoisotopic (exact) mass is 290 g/mol. The van der Waals surface area contributed by atoms with Gasteiger partial charge in [0.05, 0.1) is 6.61 Å². The summed E-state index contributed by atoms with van der Waals surface area (Å²) in [7, 11) is 0. The second kappa shape index (κ2) is 8.03. The van der Waals surface area contributed by atoms with Crippen LogP contribution in [0.15, 0.2) is 24.3 Å². The Kier molecular flexibility index (Phi) is 6.05. The second-order valence-electron chi connectivity index (χ2n) is 5.78. The molecule has 1 heterocycles. The maximum absolute atomic E-state index is 12.3. The Labute approximate surface area is 127 Å². The number of carbonyl (C=O) groups excluding carboxylic acids is 1. The first-order valence-electron chi connectivity index (χ1n) is 7.95. The third-order valence-electron chi connectivity index (χ3n) is 4.03. The van der Waals surface area contributed by atoms with Gasteiger partial charge in [0.25, 0.3) is 5.91 Å². The summed E-state index contributed by atoms with van der Waals surface area (Å²) in [5.41, 5.74) is 0.690. The summed E-state index contributed by atoms with van der Waals surface area (Å²) in [5.74, 6) is 1.34. The highest BCUT2D eigenvalue weighted by molar-refractivity contribution is 5.94. The Morgan fingerprint density at radius 3 is 2.81 bits per heavy atom. The van der Waals surface area contributed by atoms with Gasteiger partial charge < -0.3 is 15.4 Å². The van der Waals surface area contributed by atoms with Crippen molar-refractivity contribution in [3.05, 3.63) is 29.8 Å². The van der Waals surface area contributed by atoms with Crippen LogP contribution in [0.3, 0.4) is 0 Å². The molecular formula is C17H26N2O2.